The Balaban J connectivity index is 2.61. The molecule has 1 heterocycles. The highest BCUT2D eigenvalue weighted by molar-refractivity contribution is 9.10. The standard InChI is InChI=1S/C9H8BrNO2/c10-8-3-1-2-7-6(4-11-12)5-13-9(7)8/h1-3,5,11-12H,4H2. The van der Waals surface area contributed by atoms with Crippen LogP contribution in [-0.4, -0.2) is 5.21 Å². The molecule has 3 nitrogen and oxygen atoms in total. The highest BCUT2D eigenvalue weighted by atomic mass is 79.9. The maximum Gasteiger partial charge on any atom is 0.148 e. The van der Waals surface area contributed by atoms with E-state index in [2.05, 4.69) is 21.4 Å². The summed E-state index contributed by atoms with van der Waals surface area (Å²) in [6.45, 7) is 0.392. The Bertz CT molecular complexity index is 424. The van der Waals surface area contributed by atoms with Gasteiger partial charge in [-0.25, -0.2) is 5.48 Å². The van der Waals surface area contributed by atoms with Crippen LogP contribution in [0.15, 0.2) is 33.4 Å². The number of furan rings is 1. The van der Waals surface area contributed by atoms with Crippen LogP contribution in [0.25, 0.3) is 11.0 Å². The number of hydroxylamine groups is 1. The number of benzene rings is 1. The zero-order valence-corrected chi connectivity index (χ0v) is 8.34. The Morgan fingerprint density at radius 2 is 2.31 bits per heavy atom. The van der Waals surface area contributed by atoms with Crippen LogP contribution in [0.2, 0.25) is 0 Å². The van der Waals surface area contributed by atoms with E-state index < -0.39 is 0 Å². The largest absolute Gasteiger partial charge is 0.463 e. The molecule has 0 aliphatic carbocycles. The number of para-hydroxylation sites is 1. The average Bonchev–Trinajstić information content (AvgIpc) is 2.51. The molecule has 0 amide bonds. The summed E-state index contributed by atoms with van der Waals surface area (Å²) in [7, 11) is 0. The number of rotatable bonds is 2. The van der Waals surface area contributed by atoms with E-state index in [9.17, 15) is 0 Å². The molecule has 1 aromatic carbocycles. The quantitative estimate of drug-likeness (QED) is 0.795. The fourth-order valence-electron chi connectivity index (χ4n) is 1.30. The summed E-state index contributed by atoms with van der Waals surface area (Å²) in [4.78, 5) is 0. The van der Waals surface area contributed by atoms with Gasteiger partial charge in [0.05, 0.1) is 10.7 Å². The monoisotopic (exact) mass is 241 g/mol. The van der Waals surface area contributed by atoms with E-state index in [1.807, 2.05) is 18.2 Å². The Hall–Kier alpha value is -0.840. The molecule has 0 saturated carbocycles. The summed E-state index contributed by atoms with van der Waals surface area (Å²) in [5, 5.41) is 9.57. The van der Waals surface area contributed by atoms with E-state index in [1.165, 1.54) is 0 Å². The number of hydrogen-bond acceptors (Lipinski definition) is 3. The zero-order valence-electron chi connectivity index (χ0n) is 6.75. The van der Waals surface area contributed by atoms with E-state index in [-0.39, 0.29) is 0 Å². The summed E-state index contributed by atoms with van der Waals surface area (Å²) < 4.78 is 6.26. The maximum atomic E-state index is 8.56. The molecular weight excluding hydrogens is 234 g/mol. The van der Waals surface area contributed by atoms with Gasteiger partial charge in [0, 0.05) is 17.5 Å². The molecule has 0 spiro atoms. The lowest BCUT2D eigenvalue weighted by molar-refractivity contribution is 0.161. The van der Waals surface area contributed by atoms with Gasteiger partial charge in [-0.3, -0.25) is 0 Å². The van der Waals surface area contributed by atoms with Crippen LogP contribution < -0.4 is 5.48 Å². The first-order chi connectivity index (χ1) is 6.33. The van der Waals surface area contributed by atoms with Crippen molar-refractivity contribution in [2.45, 2.75) is 6.54 Å². The lowest BCUT2D eigenvalue weighted by atomic mass is 10.2. The third kappa shape index (κ3) is 1.48. The number of hydrogen-bond donors (Lipinski definition) is 2. The Morgan fingerprint density at radius 1 is 1.46 bits per heavy atom. The van der Waals surface area contributed by atoms with Crippen molar-refractivity contribution in [2.24, 2.45) is 0 Å². The smallest absolute Gasteiger partial charge is 0.148 e. The lowest BCUT2D eigenvalue weighted by Crippen LogP contribution is -2.04. The van der Waals surface area contributed by atoms with Crippen molar-refractivity contribution in [1.82, 2.24) is 5.48 Å². The van der Waals surface area contributed by atoms with Gasteiger partial charge in [0.25, 0.3) is 0 Å². The molecule has 2 aromatic rings. The van der Waals surface area contributed by atoms with Gasteiger partial charge >= 0.3 is 0 Å². The second-order valence-corrected chi connectivity index (χ2v) is 3.57. The summed E-state index contributed by atoms with van der Waals surface area (Å²) >= 11 is 3.38. The number of fused-ring (bicyclic) bond motifs is 1. The molecule has 0 radical (unpaired) electrons. The fraction of sp³-hybridized carbons (Fsp3) is 0.111. The zero-order chi connectivity index (χ0) is 9.26. The van der Waals surface area contributed by atoms with Gasteiger partial charge in [0.2, 0.25) is 0 Å². The molecule has 2 N–H and O–H groups in total. The molecule has 1 aromatic heterocycles. The summed E-state index contributed by atoms with van der Waals surface area (Å²) in [6, 6.07) is 5.81. The first kappa shape index (κ1) is 8.74. The highest BCUT2D eigenvalue weighted by Crippen LogP contribution is 2.27. The predicted octanol–water partition coefficient (Wildman–Crippen LogP) is 2.67. The van der Waals surface area contributed by atoms with E-state index in [0.717, 1.165) is 21.0 Å². The minimum atomic E-state index is 0.392. The van der Waals surface area contributed by atoms with E-state index >= 15 is 0 Å². The highest BCUT2D eigenvalue weighted by Gasteiger charge is 2.06. The topological polar surface area (TPSA) is 45.4 Å². The molecule has 68 valence electrons. The minimum Gasteiger partial charge on any atom is -0.463 e. The van der Waals surface area contributed by atoms with Crippen LogP contribution in [0.5, 0.6) is 0 Å². The van der Waals surface area contributed by atoms with Crippen LogP contribution in [0.3, 0.4) is 0 Å². The lowest BCUT2D eigenvalue weighted by Gasteiger charge is -1.95. The average molecular weight is 242 g/mol. The molecule has 0 aliphatic rings. The third-order valence-electron chi connectivity index (χ3n) is 1.90. The van der Waals surface area contributed by atoms with Crippen molar-refractivity contribution in [3.05, 3.63) is 34.5 Å². The van der Waals surface area contributed by atoms with Gasteiger partial charge in [0.15, 0.2) is 0 Å². The first-order valence-corrected chi connectivity index (χ1v) is 4.64. The van der Waals surface area contributed by atoms with Crippen molar-refractivity contribution >= 4 is 26.9 Å². The van der Waals surface area contributed by atoms with Crippen LogP contribution in [0.4, 0.5) is 0 Å². The Morgan fingerprint density at radius 3 is 3.08 bits per heavy atom. The predicted molar refractivity (Wildman–Crippen MR) is 52.5 cm³/mol. The van der Waals surface area contributed by atoms with Crippen LogP contribution in [0.1, 0.15) is 5.56 Å². The van der Waals surface area contributed by atoms with E-state index in [1.54, 1.807) is 6.26 Å². The molecule has 13 heavy (non-hydrogen) atoms. The minimum absolute atomic E-state index is 0.392. The molecule has 0 bridgehead atoms. The molecule has 0 unspecified atom stereocenters. The Kier molecular flexibility index (Phi) is 2.35. The molecule has 4 heteroatoms. The second-order valence-electron chi connectivity index (χ2n) is 2.71. The molecular formula is C9H8BrNO2. The third-order valence-corrected chi connectivity index (χ3v) is 2.53. The molecule has 0 fully saturated rings. The van der Waals surface area contributed by atoms with Gasteiger partial charge in [0.1, 0.15) is 5.58 Å². The van der Waals surface area contributed by atoms with Crippen LogP contribution >= 0.6 is 15.9 Å². The summed E-state index contributed by atoms with van der Waals surface area (Å²) in [5.41, 5.74) is 3.86. The van der Waals surface area contributed by atoms with E-state index in [4.69, 9.17) is 9.62 Å². The van der Waals surface area contributed by atoms with Gasteiger partial charge < -0.3 is 9.62 Å². The number of nitrogens with one attached hydrogen (secondary N) is 1. The van der Waals surface area contributed by atoms with Crippen molar-refractivity contribution < 1.29 is 9.62 Å². The van der Waals surface area contributed by atoms with Crippen molar-refractivity contribution in [3.8, 4) is 0 Å². The first-order valence-electron chi connectivity index (χ1n) is 3.84. The van der Waals surface area contributed by atoms with Crippen LogP contribution in [0, 0.1) is 0 Å². The molecule has 0 atom stereocenters. The van der Waals surface area contributed by atoms with Crippen molar-refractivity contribution in [2.75, 3.05) is 0 Å². The van der Waals surface area contributed by atoms with Crippen molar-refractivity contribution in [3.63, 3.8) is 0 Å². The molecule has 2 rings (SSSR count). The fourth-order valence-corrected chi connectivity index (χ4v) is 1.76. The maximum absolute atomic E-state index is 8.56. The molecule has 0 saturated heterocycles. The molecule has 0 aliphatic heterocycles. The SMILES string of the molecule is ONCc1coc2c(Br)cccc12. The summed E-state index contributed by atoms with van der Waals surface area (Å²) in [5.74, 6) is 0. The van der Waals surface area contributed by atoms with Gasteiger partial charge in [-0.05, 0) is 22.0 Å². The van der Waals surface area contributed by atoms with Crippen LogP contribution in [-0.2, 0) is 6.54 Å². The van der Waals surface area contributed by atoms with Gasteiger partial charge in [-0.15, -0.1) is 0 Å². The van der Waals surface area contributed by atoms with Gasteiger partial charge in [-0.1, -0.05) is 12.1 Å². The normalized spacial score (nSPS) is 10.9. The van der Waals surface area contributed by atoms with Crippen molar-refractivity contribution in [1.29, 1.82) is 0 Å². The van der Waals surface area contributed by atoms with Gasteiger partial charge in [-0.2, -0.15) is 0 Å². The second kappa shape index (κ2) is 3.49. The number of halogens is 1. The van der Waals surface area contributed by atoms with E-state index in [0.29, 0.717) is 6.54 Å². The Labute approximate surface area is 83.4 Å². The summed E-state index contributed by atoms with van der Waals surface area (Å²) in [6.07, 6.45) is 1.64.